The Labute approximate surface area is 160 Å². The molecule has 0 aliphatic heterocycles. The van der Waals surface area contributed by atoms with Gasteiger partial charge in [-0.15, -0.1) is 0 Å². The van der Waals surface area contributed by atoms with Crippen molar-refractivity contribution in [3.63, 3.8) is 0 Å². The smallest absolute Gasteiger partial charge is 0.315 e. The highest BCUT2D eigenvalue weighted by molar-refractivity contribution is 6.30. The summed E-state index contributed by atoms with van der Waals surface area (Å²) in [6, 6.07) is 17.2. The fourth-order valence-corrected chi connectivity index (χ4v) is 2.90. The van der Waals surface area contributed by atoms with Gasteiger partial charge in [0.05, 0.1) is 6.54 Å². The van der Waals surface area contributed by atoms with E-state index in [4.69, 9.17) is 17.3 Å². The largest absolute Gasteiger partial charge is 0.361 e. The molecular weight excluding hydrogens is 368 g/mol. The van der Waals surface area contributed by atoms with E-state index in [1.807, 2.05) is 48.5 Å². The molecule has 27 heavy (non-hydrogen) atoms. The van der Waals surface area contributed by atoms with Gasteiger partial charge in [-0.25, -0.2) is 0 Å². The normalized spacial score (nSPS) is 11.7. The number of benzene rings is 2. The number of hydrogen-bond acceptors (Lipinski definition) is 5. The summed E-state index contributed by atoms with van der Waals surface area (Å²) in [7, 11) is 0. The van der Waals surface area contributed by atoms with Crippen LogP contribution in [0.2, 0.25) is 5.02 Å². The first kappa shape index (κ1) is 18.6. The summed E-state index contributed by atoms with van der Waals surface area (Å²) in [5.74, 6) is -1.28. The van der Waals surface area contributed by atoms with E-state index in [9.17, 15) is 9.59 Å². The third-order valence-corrected chi connectivity index (χ3v) is 4.20. The lowest BCUT2D eigenvalue weighted by Crippen LogP contribution is -2.25. The molecule has 0 aliphatic rings. The van der Waals surface area contributed by atoms with E-state index < -0.39 is 5.91 Å². The molecule has 0 saturated heterocycles. The average Bonchev–Trinajstić information content (AvgIpc) is 3.14. The maximum atomic E-state index is 12.5. The van der Waals surface area contributed by atoms with E-state index in [-0.39, 0.29) is 36.5 Å². The predicted molar refractivity (Wildman–Crippen MR) is 99.0 cm³/mol. The fraction of sp³-hybridized carbons (Fsp3) is 0.158. The fourth-order valence-electron chi connectivity index (χ4n) is 2.70. The number of aromatic nitrogens is 2. The summed E-state index contributed by atoms with van der Waals surface area (Å²) < 4.78 is 4.69. The van der Waals surface area contributed by atoms with Crippen molar-refractivity contribution in [1.29, 1.82) is 0 Å². The highest BCUT2D eigenvalue weighted by Gasteiger charge is 2.19. The molecule has 1 aromatic heterocycles. The Morgan fingerprint density at radius 2 is 1.85 bits per heavy atom. The molecule has 2 amide bonds. The molecule has 0 aliphatic carbocycles. The van der Waals surface area contributed by atoms with Gasteiger partial charge in [-0.2, -0.15) is 4.98 Å². The SMILES string of the molecule is NC(=O)c1nc(CNC(=O)C[C@@H](c2ccccc2)c2cccc(Cl)c2)no1. The van der Waals surface area contributed by atoms with Crippen molar-refractivity contribution >= 4 is 23.4 Å². The standard InChI is InChI=1S/C19H17ClN4O3/c20-14-8-4-7-13(9-14)15(12-5-2-1-3-6-12)10-17(25)22-11-16-23-19(18(21)26)27-24-16/h1-9,15H,10-11H2,(H2,21,26)(H,22,25)/t15-/m0/s1. The van der Waals surface area contributed by atoms with Crippen molar-refractivity contribution in [2.75, 3.05) is 0 Å². The molecule has 8 heteroatoms. The van der Waals surface area contributed by atoms with Gasteiger partial charge in [-0.3, -0.25) is 9.59 Å². The van der Waals surface area contributed by atoms with Gasteiger partial charge in [0.2, 0.25) is 5.91 Å². The van der Waals surface area contributed by atoms with Gasteiger partial charge in [0, 0.05) is 17.4 Å². The Morgan fingerprint density at radius 1 is 1.11 bits per heavy atom. The van der Waals surface area contributed by atoms with Gasteiger partial charge < -0.3 is 15.6 Å². The first-order chi connectivity index (χ1) is 13.0. The molecule has 0 spiro atoms. The lowest BCUT2D eigenvalue weighted by atomic mass is 9.88. The number of rotatable bonds is 7. The lowest BCUT2D eigenvalue weighted by Gasteiger charge is -2.18. The van der Waals surface area contributed by atoms with Gasteiger partial charge in [-0.1, -0.05) is 59.2 Å². The predicted octanol–water partition coefficient (Wildman–Crippen LogP) is 2.66. The highest BCUT2D eigenvalue weighted by Crippen LogP contribution is 2.29. The molecule has 2 aromatic carbocycles. The molecule has 0 fully saturated rings. The lowest BCUT2D eigenvalue weighted by molar-refractivity contribution is -0.121. The second kappa shape index (κ2) is 8.46. The first-order valence-electron chi connectivity index (χ1n) is 8.22. The summed E-state index contributed by atoms with van der Waals surface area (Å²) in [4.78, 5) is 27.2. The number of nitrogens with zero attached hydrogens (tertiary/aromatic N) is 2. The van der Waals surface area contributed by atoms with E-state index in [2.05, 4.69) is 20.0 Å². The number of amides is 2. The van der Waals surface area contributed by atoms with E-state index in [0.717, 1.165) is 11.1 Å². The van der Waals surface area contributed by atoms with Crippen LogP contribution in [0, 0.1) is 0 Å². The van der Waals surface area contributed by atoms with Crippen molar-refractivity contribution in [2.24, 2.45) is 5.73 Å². The zero-order chi connectivity index (χ0) is 19.2. The van der Waals surface area contributed by atoms with E-state index in [1.54, 1.807) is 6.07 Å². The van der Waals surface area contributed by atoms with Crippen LogP contribution in [0.25, 0.3) is 0 Å². The van der Waals surface area contributed by atoms with Gasteiger partial charge in [-0.05, 0) is 23.3 Å². The van der Waals surface area contributed by atoms with Crippen LogP contribution in [-0.2, 0) is 11.3 Å². The summed E-state index contributed by atoms with van der Waals surface area (Å²) in [6.07, 6.45) is 0.213. The third kappa shape index (κ3) is 4.92. The molecule has 0 unspecified atom stereocenters. The number of nitrogens with one attached hydrogen (secondary N) is 1. The Balaban J connectivity index is 1.71. The average molecular weight is 385 g/mol. The van der Waals surface area contributed by atoms with Crippen LogP contribution in [-0.4, -0.2) is 22.0 Å². The Kier molecular flexibility index (Phi) is 5.83. The molecule has 3 rings (SSSR count). The zero-order valence-corrected chi connectivity index (χ0v) is 15.0. The van der Waals surface area contributed by atoms with Gasteiger partial charge in [0.1, 0.15) is 0 Å². The molecule has 0 radical (unpaired) electrons. The van der Waals surface area contributed by atoms with Crippen LogP contribution < -0.4 is 11.1 Å². The zero-order valence-electron chi connectivity index (χ0n) is 14.3. The van der Waals surface area contributed by atoms with E-state index in [0.29, 0.717) is 5.02 Å². The number of nitrogens with two attached hydrogens (primary N) is 1. The summed E-state index contributed by atoms with van der Waals surface area (Å²) in [5.41, 5.74) is 7.01. The van der Waals surface area contributed by atoms with Crippen molar-refractivity contribution in [3.05, 3.63) is 82.5 Å². The number of carbonyl (C=O) groups is 2. The number of carbonyl (C=O) groups excluding carboxylic acids is 2. The Hall–Kier alpha value is -3.19. The molecule has 138 valence electrons. The molecule has 3 aromatic rings. The van der Waals surface area contributed by atoms with Gasteiger partial charge >= 0.3 is 11.8 Å². The number of primary amides is 1. The Morgan fingerprint density at radius 3 is 2.52 bits per heavy atom. The van der Waals surface area contributed by atoms with E-state index in [1.165, 1.54) is 0 Å². The second-order valence-corrected chi connectivity index (χ2v) is 6.32. The van der Waals surface area contributed by atoms with E-state index >= 15 is 0 Å². The van der Waals surface area contributed by atoms with Crippen LogP contribution in [0.4, 0.5) is 0 Å². The quantitative estimate of drug-likeness (QED) is 0.650. The number of hydrogen-bond donors (Lipinski definition) is 2. The van der Waals surface area contributed by atoms with Crippen LogP contribution in [0.3, 0.4) is 0 Å². The van der Waals surface area contributed by atoms with Crippen LogP contribution >= 0.6 is 11.6 Å². The number of halogens is 1. The molecule has 3 N–H and O–H groups in total. The molecular formula is C19H17ClN4O3. The minimum Gasteiger partial charge on any atom is -0.361 e. The topological polar surface area (TPSA) is 111 Å². The highest BCUT2D eigenvalue weighted by atomic mass is 35.5. The second-order valence-electron chi connectivity index (χ2n) is 5.88. The molecule has 7 nitrogen and oxygen atoms in total. The monoisotopic (exact) mass is 384 g/mol. The van der Waals surface area contributed by atoms with Crippen molar-refractivity contribution < 1.29 is 14.1 Å². The molecule has 1 heterocycles. The Bertz CT molecular complexity index is 943. The van der Waals surface area contributed by atoms with Crippen LogP contribution in [0.15, 0.2) is 59.1 Å². The maximum Gasteiger partial charge on any atom is 0.315 e. The van der Waals surface area contributed by atoms with Gasteiger partial charge in [0.25, 0.3) is 0 Å². The third-order valence-electron chi connectivity index (χ3n) is 3.97. The maximum absolute atomic E-state index is 12.5. The van der Waals surface area contributed by atoms with Crippen LogP contribution in [0.5, 0.6) is 0 Å². The van der Waals surface area contributed by atoms with Crippen LogP contribution in [0.1, 0.15) is 40.0 Å². The molecule has 1 atom stereocenters. The summed E-state index contributed by atoms with van der Waals surface area (Å²) in [6.45, 7) is 0.0344. The molecule has 0 bridgehead atoms. The van der Waals surface area contributed by atoms with Gasteiger partial charge in [0.15, 0.2) is 5.82 Å². The summed E-state index contributed by atoms with van der Waals surface area (Å²) in [5, 5.41) is 6.93. The summed E-state index contributed by atoms with van der Waals surface area (Å²) >= 11 is 6.12. The van der Waals surface area contributed by atoms with Crippen molar-refractivity contribution in [3.8, 4) is 0 Å². The minimum atomic E-state index is -0.815. The molecule has 0 saturated carbocycles. The van der Waals surface area contributed by atoms with Crippen molar-refractivity contribution in [1.82, 2.24) is 15.5 Å². The minimum absolute atomic E-state index is 0.0344. The first-order valence-corrected chi connectivity index (χ1v) is 8.60. The van der Waals surface area contributed by atoms with Crippen molar-refractivity contribution in [2.45, 2.75) is 18.9 Å².